The van der Waals surface area contributed by atoms with E-state index in [9.17, 15) is 43.2 Å². The molecule has 0 aromatic rings. The lowest BCUT2D eigenvalue weighted by Crippen LogP contribution is -2.30. The Morgan fingerprint density at radius 1 is 0.303 bits per heavy atom. The normalized spacial score (nSPS) is 14.1. The van der Waals surface area contributed by atoms with Gasteiger partial charge >= 0.3 is 39.5 Å². The van der Waals surface area contributed by atoms with Crippen LogP contribution in [0, 0.1) is 5.92 Å². The third-order valence-electron chi connectivity index (χ3n) is 16.3. The number of carbonyl (C=O) groups is 4. The second-order valence-electron chi connectivity index (χ2n) is 25.7. The van der Waals surface area contributed by atoms with Crippen molar-refractivity contribution in [3.05, 3.63) is 0 Å². The molecule has 0 radical (unpaired) electrons. The molecule has 3 N–H and O–H groups in total. The SMILES string of the molecule is CCCCCCCCCCCCCCCCCCCC(=O)O[C@H](COC(=O)CCCCCCCCCCCCCC(C)C)COP(=O)(O)OC[C@@H](O)COP(=O)(O)OC[C@@H](COC(=O)CCCCCCCCCC)OC(=O)CCCCCCCCCCCC. The van der Waals surface area contributed by atoms with Crippen molar-refractivity contribution in [1.82, 2.24) is 0 Å². The smallest absolute Gasteiger partial charge is 0.462 e. The average molecular weight is 1310 g/mol. The van der Waals surface area contributed by atoms with Gasteiger partial charge in [-0.3, -0.25) is 37.3 Å². The molecule has 0 aliphatic heterocycles. The summed E-state index contributed by atoms with van der Waals surface area (Å²) in [6, 6.07) is 0. The van der Waals surface area contributed by atoms with Crippen LogP contribution in [0.3, 0.4) is 0 Å². The van der Waals surface area contributed by atoms with E-state index in [0.717, 1.165) is 102 Å². The molecule has 0 fully saturated rings. The standard InChI is InChI=1S/C70H136O17P2/c1-6-9-12-15-18-21-23-24-25-26-27-28-31-36-41-46-51-56-70(75)87-66(60-81-68(73)54-49-44-39-35-32-29-30-33-37-42-47-52-63(4)5)62-85-89(78,79)83-58-64(71)57-82-88(76,77)84-61-65(59-80-67(72)53-48-43-38-20-17-14-11-8-3)86-69(74)55-50-45-40-34-22-19-16-13-10-7-2/h63-66,71H,6-62H2,1-5H3,(H,76,77)(H,78,79)/t64-,65+,66+/m0/s1. The molecule has 0 heterocycles. The highest BCUT2D eigenvalue weighted by molar-refractivity contribution is 7.47. The summed E-state index contributed by atoms with van der Waals surface area (Å²) in [5.74, 6) is -1.35. The minimum atomic E-state index is -4.95. The summed E-state index contributed by atoms with van der Waals surface area (Å²) in [7, 11) is -9.89. The number of carbonyl (C=O) groups excluding carboxylic acids is 4. The number of unbranched alkanes of at least 4 members (excludes halogenated alkanes) is 42. The van der Waals surface area contributed by atoms with Crippen molar-refractivity contribution in [2.75, 3.05) is 39.6 Å². The van der Waals surface area contributed by atoms with Crippen molar-refractivity contribution >= 4 is 39.5 Å². The fraction of sp³-hybridized carbons (Fsp3) is 0.943. The Labute approximate surface area is 543 Å². The van der Waals surface area contributed by atoms with Crippen LogP contribution in [0.4, 0.5) is 0 Å². The highest BCUT2D eigenvalue weighted by Crippen LogP contribution is 2.45. The molecule has 17 nitrogen and oxygen atoms in total. The minimum absolute atomic E-state index is 0.106. The van der Waals surface area contributed by atoms with Crippen LogP contribution in [0.1, 0.15) is 362 Å². The van der Waals surface area contributed by atoms with Crippen LogP contribution in [-0.4, -0.2) is 96.7 Å². The van der Waals surface area contributed by atoms with Crippen LogP contribution in [0.15, 0.2) is 0 Å². The Hall–Kier alpha value is -1.94. The van der Waals surface area contributed by atoms with Gasteiger partial charge in [0, 0.05) is 25.7 Å². The summed E-state index contributed by atoms with van der Waals surface area (Å²) in [6.45, 7) is 7.22. The molecule has 0 aromatic heterocycles. The summed E-state index contributed by atoms with van der Waals surface area (Å²) >= 11 is 0. The summed E-state index contributed by atoms with van der Waals surface area (Å²) in [5, 5.41) is 10.6. The third kappa shape index (κ3) is 64.6. The molecular formula is C70H136O17P2. The fourth-order valence-corrected chi connectivity index (χ4v) is 12.2. The highest BCUT2D eigenvalue weighted by atomic mass is 31.2. The summed E-state index contributed by atoms with van der Waals surface area (Å²) in [6.07, 6.45) is 50.0. The van der Waals surface area contributed by atoms with Gasteiger partial charge in [0.1, 0.15) is 19.3 Å². The molecule has 0 rings (SSSR count). The van der Waals surface area contributed by atoms with Crippen LogP contribution < -0.4 is 0 Å². The van der Waals surface area contributed by atoms with Gasteiger partial charge in [0.25, 0.3) is 0 Å². The Balaban J connectivity index is 5.21. The van der Waals surface area contributed by atoms with Gasteiger partial charge in [0.05, 0.1) is 26.4 Å². The van der Waals surface area contributed by atoms with Gasteiger partial charge in [0.2, 0.25) is 0 Å². The first-order valence-electron chi connectivity index (χ1n) is 36.6. The Bertz CT molecular complexity index is 1720. The van der Waals surface area contributed by atoms with E-state index in [-0.39, 0.29) is 25.7 Å². The molecule has 0 aliphatic rings. The number of aliphatic hydroxyl groups is 1. The van der Waals surface area contributed by atoms with E-state index in [1.807, 2.05) is 0 Å². The summed E-state index contributed by atoms with van der Waals surface area (Å²) in [4.78, 5) is 72.4. The third-order valence-corrected chi connectivity index (χ3v) is 18.2. The number of phosphoric ester groups is 2. The molecule has 0 aliphatic carbocycles. The Morgan fingerprint density at radius 2 is 0.517 bits per heavy atom. The summed E-state index contributed by atoms with van der Waals surface area (Å²) < 4.78 is 68.2. The largest absolute Gasteiger partial charge is 0.472 e. The minimum Gasteiger partial charge on any atom is -0.462 e. The lowest BCUT2D eigenvalue weighted by molar-refractivity contribution is -0.161. The van der Waals surface area contributed by atoms with Crippen LogP contribution >= 0.6 is 15.6 Å². The first kappa shape index (κ1) is 87.1. The van der Waals surface area contributed by atoms with Crippen molar-refractivity contribution in [3.8, 4) is 0 Å². The maximum Gasteiger partial charge on any atom is 0.472 e. The van der Waals surface area contributed by atoms with Crippen LogP contribution in [0.25, 0.3) is 0 Å². The van der Waals surface area contributed by atoms with Gasteiger partial charge in [-0.2, -0.15) is 0 Å². The van der Waals surface area contributed by atoms with Gasteiger partial charge in [0.15, 0.2) is 12.2 Å². The molecule has 89 heavy (non-hydrogen) atoms. The van der Waals surface area contributed by atoms with Crippen molar-refractivity contribution in [2.24, 2.45) is 5.92 Å². The maximum atomic E-state index is 13.0. The van der Waals surface area contributed by atoms with E-state index < -0.39 is 97.5 Å². The van der Waals surface area contributed by atoms with Crippen molar-refractivity contribution in [2.45, 2.75) is 380 Å². The van der Waals surface area contributed by atoms with Crippen LogP contribution in [0.2, 0.25) is 0 Å². The van der Waals surface area contributed by atoms with E-state index >= 15 is 0 Å². The zero-order valence-corrected chi connectivity index (χ0v) is 59.4. The topological polar surface area (TPSA) is 237 Å². The number of esters is 4. The lowest BCUT2D eigenvalue weighted by atomic mass is 10.0. The molecule has 0 bridgehead atoms. The highest BCUT2D eigenvalue weighted by Gasteiger charge is 2.30. The van der Waals surface area contributed by atoms with Gasteiger partial charge in [-0.1, -0.05) is 311 Å². The Morgan fingerprint density at radius 3 is 0.764 bits per heavy atom. The molecular weight excluding hydrogens is 1170 g/mol. The Kier molecular flexibility index (Phi) is 62.1. The molecule has 2 unspecified atom stereocenters. The first-order chi connectivity index (χ1) is 43.0. The number of ether oxygens (including phenoxy) is 4. The van der Waals surface area contributed by atoms with Crippen molar-refractivity contribution < 1.29 is 80.2 Å². The van der Waals surface area contributed by atoms with E-state index in [2.05, 4.69) is 34.6 Å². The molecule has 0 amide bonds. The van der Waals surface area contributed by atoms with E-state index in [0.29, 0.717) is 25.7 Å². The van der Waals surface area contributed by atoms with Gasteiger partial charge in [-0.25, -0.2) is 9.13 Å². The zero-order valence-electron chi connectivity index (χ0n) is 57.6. The van der Waals surface area contributed by atoms with Gasteiger partial charge in [-0.15, -0.1) is 0 Å². The number of hydrogen-bond donors (Lipinski definition) is 3. The quantitative estimate of drug-likeness (QED) is 0.0222. The van der Waals surface area contributed by atoms with E-state index in [1.54, 1.807) is 0 Å². The predicted octanol–water partition coefficient (Wildman–Crippen LogP) is 20.1. The van der Waals surface area contributed by atoms with Crippen molar-refractivity contribution in [3.63, 3.8) is 0 Å². The molecule has 0 saturated carbocycles. The molecule has 0 saturated heterocycles. The van der Waals surface area contributed by atoms with Crippen molar-refractivity contribution in [1.29, 1.82) is 0 Å². The molecule has 5 atom stereocenters. The summed E-state index contributed by atoms with van der Waals surface area (Å²) in [5.41, 5.74) is 0. The predicted molar refractivity (Wildman–Crippen MR) is 358 cm³/mol. The maximum absolute atomic E-state index is 13.0. The van der Waals surface area contributed by atoms with Gasteiger partial charge in [-0.05, 0) is 31.6 Å². The monoisotopic (exact) mass is 1310 g/mol. The molecule has 0 spiro atoms. The number of hydrogen-bond acceptors (Lipinski definition) is 15. The van der Waals surface area contributed by atoms with E-state index in [1.165, 1.54) is 180 Å². The zero-order chi connectivity index (χ0) is 65.6. The second kappa shape index (κ2) is 63.5. The van der Waals surface area contributed by atoms with E-state index in [4.69, 9.17) is 37.0 Å². The average Bonchev–Trinajstić information content (AvgIpc) is 3.71. The number of aliphatic hydroxyl groups excluding tert-OH is 1. The van der Waals surface area contributed by atoms with Crippen LogP contribution in [-0.2, 0) is 65.4 Å². The lowest BCUT2D eigenvalue weighted by Gasteiger charge is -2.21. The first-order valence-corrected chi connectivity index (χ1v) is 39.6. The number of phosphoric acid groups is 2. The molecule has 19 heteroatoms. The second-order valence-corrected chi connectivity index (χ2v) is 28.7. The fourth-order valence-electron chi connectivity index (χ4n) is 10.6. The van der Waals surface area contributed by atoms with Crippen LogP contribution in [0.5, 0.6) is 0 Å². The number of rotatable bonds is 70. The van der Waals surface area contributed by atoms with Gasteiger partial charge < -0.3 is 33.8 Å². The molecule has 528 valence electrons. The molecule has 0 aromatic carbocycles.